The van der Waals surface area contributed by atoms with Crippen molar-refractivity contribution in [2.75, 3.05) is 5.32 Å². The molecule has 0 aliphatic rings. The SMILES string of the molecule is C/C=C/C=C/C(=O)Nc1cnn(CC(=O)O)c1. The number of allylic oxidation sites excluding steroid dienone is 3. The van der Waals surface area contributed by atoms with E-state index in [9.17, 15) is 9.59 Å². The molecule has 1 heterocycles. The normalized spacial score (nSPS) is 11.1. The van der Waals surface area contributed by atoms with Crippen LogP contribution in [0.2, 0.25) is 0 Å². The third-order valence-electron chi connectivity index (χ3n) is 1.75. The predicted molar refractivity (Wildman–Crippen MR) is 62.4 cm³/mol. The standard InChI is InChI=1S/C11H13N3O3/c1-2-3-4-5-10(15)13-9-6-12-14(7-9)8-11(16)17/h2-7H,8H2,1H3,(H,13,15)(H,16,17)/b3-2+,5-4+. The fourth-order valence-electron chi connectivity index (χ4n) is 1.09. The molecule has 0 saturated carbocycles. The smallest absolute Gasteiger partial charge is 0.325 e. The molecular formula is C11H13N3O3. The Hall–Kier alpha value is -2.37. The van der Waals surface area contributed by atoms with Gasteiger partial charge in [-0.25, -0.2) is 0 Å². The van der Waals surface area contributed by atoms with Crippen molar-refractivity contribution in [2.45, 2.75) is 13.5 Å². The Morgan fingerprint density at radius 3 is 2.94 bits per heavy atom. The van der Waals surface area contributed by atoms with Crippen LogP contribution in [0, 0.1) is 0 Å². The molecule has 0 spiro atoms. The van der Waals surface area contributed by atoms with Crippen LogP contribution in [-0.2, 0) is 16.1 Å². The van der Waals surface area contributed by atoms with E-state index < -0.39 is 5.97 Å². The second-order valence-corrected chi connectivity index (χ2v) is 3.19. The van der Waals surface area contributed by atoms with Crippen molar-refractivity contribution >= 4 is 17.6 Å². The number of nitrogens with zero attached hydrogens (tertiary/aromatic N) is 2. The molecule has 0 atom stereocenters. The summed E-state index contributed by atoms with van der Waals surface area (Å²) in [5, 5.41) is 14.9. The Morgan fingerprint density at radius 1 is 1.53 bits per heavy atom. The van der Waals surface area contributed by atoms with Crippen LogP contribution in [0.15, 0.2) is 36.7 Å². The maximum atomic E-state index is 11.3. The molecular weight excluding hydrogens is 222 g/mol. The highest BCUT2D eigenvalue weighted by Crippen LogP contribution is 2.04. The molecule has 1 aromatic rings. The molecule has 0 aromatic carbocycles. The number of hydrogen-bond donors (Lipinski definition) is 2. The van der Waals surface area contributed by atoms with Crippen LogP contribution in [0.5, 0.6) is 0 Å². The number of aliphatic carboxylic acids is 1. The number of amides is 1. The van der Waals surface area contributed by atoms with Gasteiger partial charge in [0, 0.05) is 12.3 Å². The highest BCUT2D eigenvalue weighted by molar-refractivity contribution is 5.99. The Morgan fingerprint density at radius 2 is 2.29 bits per heavy atom. The minimum Gasteiger partial charge on any atom is -0.480 e. The average molecular weight is 235 g/mol. The van der Waals surface area contributed by atoms with Crippen molar-refractivity contribution < 1.29 is 14.7 Å². The minimum atomic E-state index is -0.987. The summed E-state index contributed by atoms with van der Waals surface area (Å²) in [5.41, 5.74) is 0.460. The van der Waals surface area contributed by atoms with Crippen molar-refractivity contribution in [3.63, 3.8) is 0 Å². The first-order chi connectivity index (χ1) is 8.11. The van der Waals surface area contributed by atoms with Crippen molar-refractivity contribution in [1.29, 1.82) is 0 Å². The van der Waals surface area contributed by atoms with Gasteiger partial charge in [0.15, 0.2) is 0 Å². The number of carboxylic acids is 1. The number of rotatable bonds is 5. The maximum Gasteiger partial charge on any atom is 0.325 e. The highest BCUT2D eigenvalue weighted by atomic mass is 16.4. The third kappa shape index (κ3) is 4.78. The van der Waals surface area contributed by atoms with Gasteiger partial charge < -0.3 is 10.4 Å². The second kappa shape index (κ2) is 6.26. The lowest BCUT2D eigenvalue weighted by molar-refractivity contribution is -0.137. The van der Waals surface area contributed by atoms with Gasteiger partial charge in [0.05, 0.1) is 11.9 Å². The molecule has 1 amide bonds. The predicted octanol–water partition coefficient (Wildman–Crippen LogP) is 1.04. The number of nitrogens with one attached hydrogen (secondary N) is 1. The molecule has 17 heavy (non-hydrogen) atoms. The number of carbonyl (C=O) groups is 2. The molecule has 90 valence electrons. The minimum absolute atomic E-state index is 0.232. The zero-order valence-electron chi connectivity index (χ0n) is 9.33. The lowest BCUT2D eigenvalue weighted by atomic mass is 10.4. The summed E-state index contributed by atoms with van der Waals surface area (Å²) < 4.78 is 1.23. The summed E-state index contributed by atoms with van der Waals surface area (Å²) in [7, 11) is 0. The van der Waals surface area contributed by atoms with E-state index in [0.29, 0.717) is 5.69 Å². The largest absolute Gasteiger partial charge is 0.480 e. The van der Waals surface area contributed by atoms with Gasteiger partial charge in [0.2, 0.25) is 5.91 Å². The van der Waals surface area contributed by atoms with Crippen molar-refractivity contribution in [2.24, 2.45) is 0 Å². The summed E-state index contributed by atoms with van der Waals surface area (Å²) in [6.45, 7) is 1.61. The molecule has 2 N–H and O–H groups in total. The number of carboxylic acid groups (broad SMARTS) is 1. The van der Waals surface area contributed by atoms with E-state index in [1.54, 1.807) is 18.2 Å². The Balaban J connectivity index is 2.54. The lowest BCUT2D eigenvalue weighted by Gasteiger charge is -1.96. The molecule has 6 nitrogen and oxygen atoms in total. The maximum absolute atomic E-state index is 11.3. The van der Waals surface area contributed by atoms with Crippen LogP contribution in [-0.4, -0.2) is 26.8 Å². The van der Waals surface area contributed by atoms with E-state index >= 15 is 0 Å². The van der Waals surface area contributed by atoms with Crippen molar-refractivity contribution in [1.82, 2.24) is 9.78 Å². The van der Waals surface area contributed by atoms with Gasteiger partial charge in [-0.15, -0.1) is 0 Å². The van der Waals surface area contributed by atoms with E-state index in [1.807, 2.05) is 6.92 Å². The van der Waals surface area contributed by atoms with Gasteiger partial charge >= 0.3 is 5.97 Å². The number of anilines is 1. The molecule has 6 heteroatoms. The van der Waals surface area contributed by atoms with E-state index in [2.05, 4.69) is 10.4 Å². The van der Waals surface area contributed by atoms with Crippen LogP contribution in [0.25, 0.3) is 0 Å². The Bertz CT molecular complexity index is 460. The van der Waals surface area contributed by atoms with Crippen molar-refractivity contribution in [3.05, 3.63) is 36.7 Å². The first kappa shape index (κ1) is 12.7. The monoisotopic (exact) mass is 235 g/mol. The summed E-state index contributed by atoms with van der Waals surface area (Å²) in [6, 6.07) is 0. The number of hydrogen-bond acceptors (Lipinski definition) is 3. The van der Waals surface area contributed by atoms with Crippen LogP contribution in [0.4, 0.5) is 5.69 Å². The molecule has 1 rings (SSSR count). The zero-order chi connectivity index (χ0) is 12.7. The van der Waals surface area contributed by atoms with Crippen LogP contribution in [0.1, 0.15) is 6.92 Å². The summed E-state index contributed by atoms with van der Waals surface area (Å²) in [6.07, 6.45) is 9.35. The zero-order valence-corrected chi connectivity index (χ0v) is 9.33. The van der Waals surface area contributed by atoms with E-state index in [-0.39, 0.29) is 12.5 Å². The molecule has 0 bridgehead atoms. The number of aromatic nitrogens is 2. The fraction of sp³-hybridized carbons (Fsp3) is 0.182. The topological polar surface area (TPSA) is 84.2 Å². The fourth-order valence-corrected chi connectivity index (χ4v) is 1.09. The number of carbonyl (C=O) groups excluding carboxylic acids is 1. The Labute approximate surface area is 98.2 Å². The van der Waals surface area contributed by atoms with Gasteiger partial charge in [0.25, 0.3) is 0 Å². The first-order valence-electron chi connectivity index (χ1n) is 4.96. The molecule has 0 unspecified atom stereocenters. The average Bonchev–Trinajstić information content (AvgIpc) is 2.64. The lowest BCUT2D eigenvalue weighted by Crippen LogP contribution is -2.09. The molecule has 0 aliphatic heterocycles. The molecule has 0 aliphatic carbocycles. The summed E-state index contributed by atoms with van der Waals surface area (Å²) >= 11 is 0. The second-order valence-electron chi connectivity index (χ2n) is 3.19. The van der Waals surface area contributed by atoms with Crippen molar-refractivity contribution in [3.8, 4) is 0 Å². The van der Waals surface area contributed by atoms with E-state index in [1.165, 1.54) is 23.2 Å². The van der Waals surface area contributed by atoms with E-state index in [0.717, 1.165) is 0 Å². The van der Waals surface area contributed by atoms with Gasteiger partial charge in [-0.1, -0.05) is 18.2 Å². The van der Waals surface area contributed by atoms with E-state index in [4.69, 9.17) is 5.11 Å². The highest BCUT2D eigenvalue weighted by Gasteiger charge is 2.03. The van der Waals surface area contributed by atoms with Gasteiger partial charge in [-0.3, -0.25) is 14.3 Å². The third-order valence-corrected chi connectivity index (χ3v) is 1.75. The summed E-state index contributed by atoms with van der Waals surface area (Å²) in [4.78, 5) is 21.7. The van der Waals surface area contributed by atoms with Gasteiger partial charge in [-0.05, 0) is 6.92 Å². The van der Waals surface area contributed by atoms with Gasteiger partial charge in [-0.2, -0.15) is 5.10 Å². The molecule has 0 fully saturated rings. The van der Waals surface area contributed by atoms with Crippen LogP contribution in [0.3, 0.4) is 0 Å². The molecule has 1 aromatic heterocycles. The molecule has 0 radical (unpaired) electrons. The molecule has 0 saturated heterocycles. The van der Waals surface area contributed by atoms with Gasteiger partial charge in [0.1, 0.15) is 6.54 Å². The van der Waals surface area contributed by atoms with Crippen LogP contribution >= 0.6 is 0 Å². The first-order valence-corrected chi connectivity index (χ1v) is 4.96. The Kier molecular flexibility index (Phi) is 4.68. The summed E-state index contributed by atoms with van der Waals surface area (Å²) in [5.74, 6) is -1.28. The quantitative estimate of drug-likeness (QED) is 0.590. The van der Waals surface area contributed by atoms with Crippen LogP contribution < -0.4 is 5.32 Å².